The fourth-order valence-corrected chi connectivity index (χ4v) is 2.92. The number of alkyl halides is 3. The standard InChI is InChI=1S/C21H22F3N3O3/c1-12-8-17(27-19(25-12)10-18(28)14-6-7-14)20(29)26-13(2)15-4-3-5-16(9-15)30-11-21(22,23)24/h3-5,8-9,13-14H,6-7,10-11H2,1-2H3,(H,26,29). The van der Waals surface area contributed by atoms with Gasteiger partial charge in [-0.05, 0) is 50.5 Å². The van der Waals surface area contributed by atoms with Crippen LogP contribution in [0.1, 0.15) is 53.4 Å². The van der Waals surface area contributed by atoms with E-state index in [0.717, 1.165) is 12.8 Å². The van der Waals surface area contributed by atoms with Crippen molar-refractivity contribution in [3.63, 3.8) is 0 Å². The lowest BCUT2D eigenvalue weighted by molar-refractivity contribution is -0.153. The first-order valence-electron chi connectivity index (χ1n) is 9.58. The van der Waals surface area contributed by atoms with Gasteiger partial charge < -0.3 is 10.1 Å². The molecule has 1 aliphatic rings. The molecule has 1 atom stereocenters. The minimum atomic E-state index is -4.43. The number of benzene rings is 1. The molecule has 0 aliphatic heterocycles. The smallest absolute Gasteiger partial charge is 0.422 e. The van der Waals surface area contributed by atoms with E-state index in [-0.39, 0.29) is 29.6 Å². The number of rotatable bonds is 8. The minimum Gasteiger partial charge on any atom is -0.484 e. The van der Waals surface area contributed by atoms with Crippen LogP contribution in [0.4, 0.5) is 13.2 Å². The van der Waals surface area contributed by atoms with Crippen molar-refractivity contribution in [3.05, 3.63) is 53.1 Å². The van der Waals surface area contributed by atoms with Gasteiger partial charge in [-0.2, -0.15) is 13.2 Å². The van der Waals surface area contributed by atoms with Gasteiger partial charge in [0.05, 0.1) is 12.5 Å². The largest absolute Gasteiger partial charge is 0.484 e. The highest BCUT2D eigenvalue weighted by molar-refractivity contribution is 5.93. The number of nitrogens with one attached hydrogen (secondary N) is 1. The molecule has 1 unspecified atom stereocenters. The molecule has 1 heterocycles. The van der Waals surface area contributed by atoms with E-state index in [1.54, 1.807) is 26.0 Å². The fourth-order valence-electron chi connectivity index (χ4n) is 2.92. The molecule has 0 bridgehead atoms. The molecule has 30 heavy (non-hydrogen) atoms. The van der Waals surface area contributed by atoms with Crippen molar-refractivity contribution in [3.8, 4) is 5.75 Å². The topological polar surface area (TPSA) is 81.2 Å². The Morgan fingerprint density at radius 2 is 1.97 bits per heavy atom. The summed E-state index contributed by atoms with van der Waals surface area (Å²) in [4.78, 5) is 33.1. The molecule has 1 saturated carbocycles. The number of ether oxygens (including phenoxy) is 1. The van der Waals surface area contributed by atoms with Crippen LogP contribution in [0.3, 0.4) is 0 Å². The van der Waals surface area contributed by atoms with Crippen molar-refractivity contribution in [2.75, 3.05) is 6.61 Å². The zero-order valence-electron chi connectivity index (χ0n) is 16.6. The summed E-state index contributed by atoms with van der Waals surface area (Å²) >= 11 is 0. The van der Waals surface area contributed by atoms with Gasteiger partial charge in [0.2, 0.25) is 0 Å². The van der Waals surface area contributed by atoms with E-state index in [9.17, 15) is 22.8 Å². The maximum Gasteiger partial charge on any atom is 0.422 e. The monoisotopic (exact) mass is 421 g/mol. The Morgan fingerprint density at radius 1 is 1.23 bits per heavy atom. The van der Waals surface area contributed by atoms with Gasteiger partial charge in [-0.3, -0.25) is 9.59 Å². The third kappa shape index (κ3) is 6.27. The second-order valence-corrected chi connectivity index (χ2v) is 7.40. The number of halogens is 3. The molecule has 1 N–H and O–H groups in total. The summed E-state index contributed by atoms with van der Waals surface area (Å²) < 4.78 is 41.8. The molecule has 9 heteroatoms. The molecule has 1 fully saturated rings. The van der Waals surface area contributed by atoms with E-state index in [2.05, 4.69) is 15.3 Å². The van der Waals surface area contributed by atoms with Gasteiger partial charge in [-0.25, -0.2) is 9.97 Å². The quantitative estimate of drug-likeness (QED) is 0.702. The van der Waals surface area contributed by atoms with Crippen LogP contribution in [0.5, 0.6) is 5.75 Å². The highest BCUT2D eigenvalue weighted by Gasteiger charge is 2.30. The molecule has 3 rings (SSSR count). The molecule has 0 spiro atoms. The Bertz CT molecular complexity index is 943. The second kappa shape index (κ2) is 8.81. The Labute approximate surface area is 171 Å². The summed E-state index contributed by atoms with van der Waals surface area (Å²) in [7, 11) is 0. The number of nitrogens with zero attached hydrogens (tertiary/aromatic N) is 2. The zero-order valence-corrected chi connectivity index (χ0v) is 16.6. The van der Waals surface area contributed by atoms with E-state index >= 15 is 0 Å². The van der Waals surface area contributed by atoms with Crippen molar-refractivity contribution < 1.29 is 27.5 Å². The van der Waals surface area contributed by atoms with E-state index < -0.39 is 24.7 Å². The summed E-state index contributed by atoms with van der Waals surface area (Å²) in [6.45, 7) is 2.03. The summed E-state index contributed by atoms with van der Waals surface area (Å²) in [5.74, 6) is 0.0703. The van der Waals surface area contributed by atoms with Crippen LogP contribution in [0.2, 0.25) is 0 Å². The van der Waals surface area contributed by atoms with Crippen molar-refractivity contribution in [2.24, 2.45) is 5.92 Å². The number of aryl methyl sites for hydroxylation is 1. The van der Waals surface area contributed by atoms with Gasteiger partial charge in [0.1, 0.15) is 23.1 Å². The summed E-state index contributed by atoms with van der Waals surface area (Å²) in [5.41, 5.74) is 1.29. The average molecular weight is 421 g/mol. The number of carbonyl (C=O) groups excluding carboxylic acids is 2. The zero-order chi connectivity index (χ0) is 21.9. The fraction of sp³-hybridized carbons (Fsp3) is 0.429. The van der Waals surface area contributed by atoms with Crippen molar-refractivity contribution in [1.29, 1.82) is 0 Å². The molecule has 1 aliphatic carbocycles. The van der Waals surface area contributed by atoms with Crippen molar-refractivity contribution >= 4 is 11.7 Å². The van der Waals surface area contributed by atoms with Gasteiger partial charge in [0.25, 0.3) is 5.91 Å². The Balaban J connectivity index is 1.66. The van der Waals surface area contributed by atoms with E-state index in [1.165, 1.54) is 18.2 Å². The highest BCUT2D eigenvalue weighted by atomic mass is 19.4. The summed E-state index contributed by atoms with van der Waals surface area (Å²) in [5, 5.41) is 2.76. The summed E-state index contributed by atoms with van der Waals surface area (Å²) in [6, 6.07) is 7.12. The number of carbonyl (C=O) groups is 2. The number of ketones is 1. The van der Waals surface area contributed by atoms with Crippen LogP contribution in [0.25, 0.3) is 0 Å². The third-order valence-electron chi connectivity index (χ3n) is 4.61. The number of amides is 1. The predicted molar refractivity (Wildman–Crippen MR) is 102 cm³/mol. The molecule has 6 nitrogen and oxygen atoms in total. The number of hydrogen-bond acceptors (Lipinski definition) is 5. The Morgan fingerprint density at radius 3 is 2.63 bits per heavy atom. The maximum absolute atomic E-state index is 12.6. The Kier molecular flexibility index (Phi) is 6.38. The Hall–Kier alpha value is -2.97. The van der Waals surface area contributed by atoms with Gasteiger partial charge in [-0.15, -0.1) is 0 Å². The number of aromatic nitrogens is 2. The summed E-state index contributed by atoms with van der Waals surface area (Å²) in [6.07, 6.45) is -2.55. The predicted octanol–water partition coefficient (Wildman–Crippen LogP) is 3.74. The molecular formula is C21H22F3N3O3. The van der Waals surface area contributed by atoms with Gasteiger partial charge in [-0.1, -0.05) is 12.1 Å². The first-order valence-corrected chi connectivity index (χ1v) is 9.58. The SMILES string of the molecule is Cc1cc(C(=O)NC(C)c2cccc(OCC(F)(F)F)c2)nc(CC(=O)C2CC2)n1. The van der Waals surface area contributed by atoms with E-state index in [1.807, 2.05) is 0 Å². The molecule has 1 aromatic carbocycles. The van der Waals surface area contributed by atoms with Gasteiger partial charge in [0, 0.05) is 11.6 Å². The number of Topliss-reactive ketones (excluding diaryl/α,β-unsaturated/α-hetero) is 1. The lowest BCUT2D eigenvalue weighted by Gasteiger charge is -2.16. The molecular weight excluding hydrogens is 399 g/mol. The van der Waals surface area contributed by atoms with Crippen LogP contribution in [0, 0.1) is 12.8 Å². The molecule has 0 saturated heterocycles. The molecule has 160 valence electrons. The average Bonchev–Trinajstić information content (AvgIpc) is 3.51. The molecule has 0 radical (unpaired) electrons. The third-order valence-corrected chi connectivity index (χ3v) is 4.61. The van der Waals surface area contributed by atoms with Crippen LogP contribution in [-0.4, -0.2) is 34.4 Å². The minimum absolute atomic E-state index is 0.0599. The second-order valence-electron chi connectivity index (χ2n) is 7.40. The highest BCUT2D eigenvalue weighted by Crippen LogP contribution is 2.30. The van der Waals surface area contributed by atoms with Crippen LogP contribution >= 0.6 is 0 Å². The normalized spacial score (nSPS) is 14.8. The lowest BCUT2D eigenvalue weighted by atomic mass is 10.1. The van der Waals surface area contributed by atoms with Gasteiger partial charge in [0.15, 0.2) is 6.61 Å². The van der Waals surface area contributed by atoms with Crippen molar-refractivity contribution in [1.82, 2.24) is 15.3 Å². The first-order chi connectivity index (χ1) is 14.1. The van der Waals surface area contributed by atoms with Crippen LogP contribution in [-0.2, 0) is 11.2 Å². The van der Waals surface area contributed by atoms with Crippen LogP contribution < -0.4 is 10.1 Å². The maximum atomic E-state index is 12.6. The lowest BCUT2D eigenvalue weighted by Crippen LogP contribution is -2.28. The van der Waals surface area contributed by atoms with E-state index in [0.29, 0.717) is 17.1 Å². The first kappa shape index (κ1) is 21.7. The van der Waals surface area contributed by atoms with Gasteiger partial charge >= 0.3 is 6.18 Å². The molecule has 2 aromatic rings. The molecule has 1 aromatic heterocycles. The number of hydrogen-bond donors (Lipinski definition) is 1. The molecule has 1 amide bonds. The van der Waals surface area contributed by atoms with Crippen LogP contribution in [0.15, 0.2) is 30.3 Å². The van der Waals surface area contributed by atoms with E-state index in [4.69, 9.17) is 4.74 Å². The van der Waals surface area contributed by atoms with Crippen molar-refractivity contribution in [2.45, 2.75) is 45.3 Å².